The highest BCUT2D eigenvalue weighted by Crippen LogP contribution is 2.35. The summed E-state index contributed by atoms with van der Waals surface area (Å²) in [5.74, 6) is 0. The molecule has 28 heavy (non-hydrogen) atoms. The Morgan fingerprint density at radius 1 is 1.04 bits per heavy atom. The summed E-state index contributed by atoms with van der Waals surface area (Å²) in [5.41, 5.74) is 0.474. The Hall–Kier alpha value is -3.31. The van der Waals surface area contributed by atoms with Gasteiger partial charge in [-0.3, -0.25) is 4.72 Å². The Bertz CT molecular complexity index is 1240. The first kappa shape index (κ1) is 18.1. The number of sulfonamides is 1. The second-order valence-electron chi connectivity index (χ2n) is 6.55. The molecule has 142 valence electrons. The molecule has 1 aliphatic rings. The van der Waals surface area contributed by atoms with Crippen molar-refractivity contribution in [2.45, 2.75) is 17.7 Å². The lowest BCUT2D eigenvalue weighted by atomic mass is 10.1. The number of fused-ring (bicyclic) bond motifs is 1. The van der Waals surface area contributed by atoms with Gasteiger partial charge in [-0.25, -0.2) is 13.2 Å². The highest BCUT2D eigenvalue weighted by molar-refractivity contribution is 7.92. The number of benzene rings is 2. The van der Waals surface area contributed by atoms with Crippen molar-refractivity contribution in [1.29, 1.82) is 5.26 Å². The number of anilines is 2. The minimum absolute atomic E-state index is 0.0357. The molecule has 4 rings (SSSR count). The maximum absolute atomic E-state index is 12.9. The smallest absolute Gasteiger partial charge is 0.363 e. The third-order valence-corrected chi connectivity index (χ3v) is 6.10. The first-order chi connectivity index (χ1) is 13.5. The summed E-state index contributed by atoms with van der Waals surface area (Å²) in [6, 6.07) is 14.5. The lowest BCUT2D eigenvalue weighted by Gasteiger charge is -2.22. The number of hydrogen-bond donors (Lipinski definition) is 1. The van der Waals surface area contributed by atoms with Crippen molar-refractivity contribution in [3.63, 3.8) is 0 Å². The molecule has 1 aliphatic heterocycles. The molecule has 0 saturated carbocycles. The molecule has 2 aromatic carbocycles. The van der Waals surface area contributed by atoms with Crippen LogP contribution in [0.1, 0.15) is 18.4 Å². The summed E-state index contributed by atoms with van der Waals surface area (Å²) in [6.45, 7) is 1.47. The minimum Gasteiger partial charge on any atom is -0.421 e. The molecular formula is C20H17N3O4S. The molecule has 1 fully saturated rings. The van der Waals surface area contributed by atoms with Gasteiger partial charge in [0.15, 0.2) is 5.69 Å². The molecule has 0 atom stereocenters. The van der Waals surface area contributed by atoms with E-state index in [-0.39, 0.29) is 10.6 Å². The van der Waals surface area contributed by atoms with Gasteiger partial charge in [-0.05, 0) is 49.2 Å². The first-order valence-corrected chi connectivity index (χ1v) is 10.3. The Kier molecular flexibility index (Phi) is 4.53. The standard InChI is InChI=1S/C20H17N3O4S/c21-13-14-7-9-15(10-8-14)28(25,26)22-18-19(23-11-3-4-12-23)16-5-1-2-6-17(16)27-20(18)24/h1-2,5-10,22H,3-4,11-12H2. The van der Waals surface area contributed by atoms with Crippen LogP contribution in [-0.4, -0.2) is 21.5 Å². The van der Waals surface area contributed by atoms with Gasteiger partial charge in [0.05, 0.1) is 22.2 Å². The fourth-order valence-corrected chi connectivity index (χ4v) is 4.46. The van der Waals surface area contributed by atoms with Crippen molar-refractivity contribution in [3.05, 3.63) is 64.5 Å². The third-order valence-electron chi connectivity index (χ3n) is 4.74. The molecule has 0 unspecified atom stereocenters. The molecule has 2 heterocycles. The molecule has 0 aliphatic carbocycles. The number of nitriles is 1. The van der Waals surface area contributed by atoms with E-state index in [0.717, 1.165) is 25.9 Å². The fraction of sp³-hybridized carbons (Fsp3) is 0.200. The average molecular weight is 395 g/mol. The zero-order valence-electron chi connectivity index (χ0n) is 14.9. The van der Waals surface area contributed by atoms with Crippen LogP contribution in [0.15, 0.2) is 62.6 Å². The summed E-state index contributed by atoms with van der Waals surface area (Å²) in [7, 11) is -4.03. The molecule has 3 aromatic rings. The van der Waals surface area contributed by atoms with Gasteiger partial charge in [0.1, 0.15) is 5.58 Å². The zero-order chi connectivity index (χ0) is 19.7. The van der Waals surface area contributed by atoms with Crippen LogP contribution in [0, 0.1) is 11.3 Å². The Morgan fingerprint density at radius 2 is 1.71 bits per heavy atom. The van der Waals surface area contributed by atoms with Crippen molar-refractivity contribution >= 4 is 32.4 Å². The molecule has 1 saturated heterocycles. The predicted molar refractivity (Wildman–Crippen MR) is 106 cm³/mol. The van der Waals surface area contributed by atoms with Gasteiger partial charge < -0.3 is 9.32 Å². The maximum Gasteiger partial charge on any atom is 0.363 e. The molecule has 8 heteroatoms. The molecule has 7 nitrogen and oxygen atoms in total. The molecule has 1 aromatic heterocycles. The maximum atomic E-state index is 12.9. The second-order valence-corrected chi connectivity index (χ2v) is 8.23. The largest absolute Gasteiger partial charge is 0.421 e. The molecule has 0 radical (unpaired) electrons. The average Bonchev–Trinajstić information content (AvgIpc) is 3.23. The zero-order valence-corrected chi connectivity index (χ0v) is 15.7. The van der Waals surface area contributed by atoms with E-state index in [0.29, 0.717) is 22.2 Å². The van der Waals surface area contributed by atoms with E-state index in [1.807, 2.05) is 23.1 Å². The van der Waals surface area contributed by atoms with E-state index in [9.17, 15) is 13.2 Å². The van der Waals surface area contributed by atoms with Gasteiger partial charge in [0, 0.05) is 18.5 Å². The number of para-hydroxylation sites is 1. The van der Waals surface area contributed by atoms with Crippen LogP contribution >= 0.6 is 0 Å². The van der Waals surface area contributed by atoms with E-state index in [2.05, 4.69) is 4.72 Å². The lowest BCUT2D eigenvalue weighted by Crippen LogP contribution is -2.25. The van der Waals surface area contributed by atoms with Crippen LogP contribution in [0.4, 0.5) is 11.4 Å². The highest BCUT2D eigenvalue weighted by Gasteiger charge is 2.26. The van der Waals surface area contributed by atoms with Gasteiger partial charge in [-0.2, -0.15) is 5.26 Å². The van der Waals surface area contributed by atoms with Gasteiger partial charge in [0.25, 0.3) is 10.0 Å². The Labute approximate surface area is 161 Å². The third kappa shape index (κ3) is 3.21. The van der Waals surface area contributed by atoms with Crippen molar-refractivity contribution in [3.8, 4) is 6.07 Å². The number of hydrogen-bond acceptors (Lipinski definition) is 6. The van der Waals surface area contributed by atoms with Crippen LogP contribution < -0.4 is 15.2 Å². The summed E-state index contributed by atoms with van der Waals surface area (Å²) >= 11 is 0. The number of nitrogens with one attached hydrogen (secondary N) is 1. The van der Waals surface area contributed by atoms with Gasteiger partial charge >= 0.3 is 5.63 Å². The molecule has 0 bridgehead atoms. The Balaban J connectivity index is 1.85. The summed E-state index contributed by atoms with van der Waals surface area (Å²) in [4.78, 5) is 14.6. The predicted octanol–water partition coefficient (Wildman–Crippen LogP) is 3.07. The van der Waals surface area contributed by atoms with E-state index < -0.39 is 15.6 Å². The van der Waals surface area contributed by atoms with Crippen LogP contribution in [0.3, 0.4) is 0 Å². The first-order valence-electron chi connectivity index (χ1n) is 8.83. The highest BCUT2D eigenvalue weighted by atomic mass is 32.2. The number of rotatable bonds is 4. The van der Waals surface area contributed by atoms with Crippen molar-refractivity contribution in [1.82, 2.24) is 0 Å². The van der Waals surface area contributed by atoms with E-state index in [4.69, 9.17) is 9.68 Å². The van der Waals surface area contributed by atoms with E-state index in [1.165, 1.54) is 24.3 Å². The topological polar surface area (TPSA) is 103 Å². The minimum atomic E-state index is -4.03. The quantitative estimate of drug-likeness (QED) is 0.681. The van der Waals surface area contributed by atoms with Crippen molar-refractivity contribution < 1.29 is 12.8 Å². The monoisotopic (exact) mass is 395 g/mol. The molecule has 0 spiro atoms. The van der Waals surface area contributed by atoms with Crippen LogP contribution in [0.2, 0.25) is 0 Å². The summed E-state index contributed by atoms with van der Waals surface area (Å²) in [6.07, 6.45) is 1.94. The van der Waals surface area contributed by atoms with Crippen LogP contribution in [0.25, 0.3) is 11.0 Å². The summed E-state index contributed by atoms with van der Waals surface area (Å²) in [5, 5.41) is 9.57. The molecular weight excluding hydrogens is 378 g/mol. The lowest BCUT2D eigenvalue weighted by molar-refractivity contribution is 0.562. The van der Waals surface area contributed by atoms with E-state index in [1.54, 1.807) is 12.1 Å². The van der Waals surface area contributed by atoms with Crippen molar-refractivity contribution in [2.75, 3.05) is 22.7 Å². The van der Waals surface area contributed by atoms with Crippen LogP contribution in [-0.2, 0) is 10.0 Å². The van der Waals surface area contributed by atoms with Crippen LogP contribution in [0.5, 0.6) is 0 Å². The number of nitrogens with zero attached hydrogens (tertiary/aromatic N) is 2. The SMILES string of the molecule is N#Cc1ccc(S(=O)(=O)Nc2c(N3CCCC3)c3ccccc3oc2=O)cc1. The van der Waals surface area contributed by atoms with Gasteiger partial charge in [0.2, 0.25) is 0 Å². The van der Waals surface area contributed by atoms with E-state index >= 15 is 0 Å². The normalized spacial score (nSPS) is 14.2. The van der Waals surface area contributed by atoms with Gasteiger partial charge in [-0.15, -0.1) is 0 Å². The molecule has 1 N–H and O–H groups in total. The van der Waals surface area contributed by atoms with Gasteiger partial charge in [-0.1, -0.05) is 12.1 Å². The second kappa shape index (κ2) is 7.02. The summed E-state index contributed by atoms with van der Waals surface area (Å²) < 4.78 is 33.5. The molecule has 0 amide bonds. The Morgan fingerprint density at radius 3 is 2.39 bits per heavy atom. The van der Waals surface area contributed by atoms with Crippen molar-refractivity contribution in [2.24, 2.45) is 0 Å². The fourth-order valence-electron chi connectivity index (χ4n) is 3.39.